The minimum absolute atomic E-state index is 0.165. The quantitative estimate of drug-likeness (QED) is 0.158. The number of aromatic nitrogens is 1. The first-order chi connectivity index (χ1) is 18.6. The zero-order valence-corrected chi connectivity index (χ0v) is 23.4. The highest BCUT2D eigenvalue weighted by atomic mass is 79.9. The summed E-state index contributed by atoms with van der Waals surface area (Å²) < 4.78 is 0.968. The van der Waals surface area contributed by atoms with Crippen molar-refractivity contribution in [2.24, 2.45) is 0 Å². The molecule has 2 amide bonds. The molecule has 4 aromatic rings. The Hall–Kier alpha value is -4.00. The van der Waals surface area contributed by atoms with Crippen LogP contribution in [0.5, 0.6) is 0 Å². The highest BCUT2D eigenvalue weighted by Crippen LogP contribution is 2.29. The molecule has 39 heavy (non-hydrogen) atoms. The van der Waals surface area contributed by atoms with Crippen molar-refractivity contribution in [2.75, 3.05) is 10.6 Å². The third kappa shape index (κ3) is 7.11. The van der Waals surface area contributed by atoms with E-state index in [9.17, 15) is 24.3 Å². The van der Waals surface area contributed by atoms with Crippen LogP contribution in [0.4, 0.5) is 10.8 Å². The van der Waals surface area contributed by atoms with Gasteiger partial charge < -0.3 is 20.8 Å². The maximum absolute atomic E-state index is 12.7. The summed E-state index contributed by atoms with van der Waals surface area (Å²) in [5.41, 5.74) is 1.31. The number of carbonyl (C=O) groups is 4. The summed E-state index contributed by atoms with van der Waals surface area (Å²) in [6.45, 7) is 1.77. The molecule has 1 unspecified atom stereocenters. The number of carbonyl (C=O) groups excluding carboxylic acids is 2. The van der Waals surface area contributed by atoms with Crippen molar-refractivity contribution in [3.05, 3.63) is 93.3 Å². The molecule has 4 N–H and O–H groups in total. The van der Waals surface area contributed by atoms with E-state index in [4.69, 9.17) is 5.11 Å². The predicted molar refractivity (Wildman–Crippen MR) is 154 cm³/mol. The second kappa shape index (κ2) is 12.2. The Balaban J connectivity index is 1.35. The summed E-state index contributed by atoms with van der Waals surface area (Å²) in [6, 6.07) is 17.7. The van der Waals surface area contributed by atoms with Gasteiger partial charge in [0.1, 0.15) is 0 Å². The summed E-state index contributed by atoms with van der Waals surface area (Å²) in [4.78, 5) is 53.3. The lowest BCUT2D eigenvalue weighted by atomic mass is 10.0. The summed E-state index contributed by atoms with van der Waals surface area (Å²) in [5.74, 6) is -3.61. The molecule has 0 aliphatic carbocycles. The number of benzene rings is 3. The van der Waals surface area contributed by atoms with E-state index in [1.54, 1.807) is 31.2 Å². The Morgan fingerprint density at radius 2 is 1.59 bits per heavy atom. The number of halogens is 1. The van der Waals surface area contributed by atoms with Crippen molar-refractivity contribution >= 4 is 73.6 Å². The summed E-state index contributed by atoms with van der Waals surface area (Å²) >= 11 is 6.07. The third-order valence-corrected chi connectivity index (χ3v) is 7.81. The van der Waals surface area contributed by atoms with Crippen LogP contribution in [0.25, 0.3) is 11.3 Å². The lowest BCUT2D eigenvalue weighted by molar-refractivity contribution is -0.115. The van der Waals surface area contributed by atoms with Crippen molar-refractivity contribution in [3.8, 4) is 11.3 Å². The number of carboxylic acids is 2. The van der Waals surface area contributed by atoms with Gasteiger partial charge in [-0.1, -0.05) is 28.1 Å². The smallest absolute Gasteiger partial charge is 0.336 e. The van der Waals surface area contributed by atoms with Crippen molar-refractivity contribution < 1.29 is 29.4 Å². The Morgan fingerprint density at radius 3 is 2.23 bits per heavy atom. The van der Waals surface area contributed by atoms with E-state index in [0.717, 1.165) is 32.8 Å². The normalized spacial score (nSPS) is 11.4. The van der Waals surface area contributed by atoms with E-state index in [1.165, 1.54) is 29.2 Å². The van der Waals surface area contributed by atoms with Gasteiger partial charge in [-0.05, 0) is 61.5 Å². The van der Waals surface area contributed by atoms with Crippen molar-refractivity contribution in [1.29, 1.82) is 0 Å². The number of nitrogens with one attached hydrogen (secondary N) is 2. The van der Waals surface area contributed by atoms with Gasteiger partial charge in [-0.15, -0.1) is 23.1 Å². The number of hydrogen-bond donors (Lipinski definition) is 4. The fourth-order valence-electron chi connectivity index (χ4n) is 3.42. The molecule has 0 fully saturated rings. The molecule has 198 valence electrons. The van der Waals surface area contributed by atoms with Crippen LogP contribution in [0.3, 0.4) is 0 Å². The second-order valence-corrected chi connectivity index (χ2v) is 11.3. The number of carboxylic acid groups (broad SMARTS) is 2. The Kier molecular flexibility index (Phi) is 8.79. The highest BCUT2D eigenvalue weighted by molar-refractivity contribution is 9.10. The van der Waals surface area contributed by atoms with E-state index in [1.807, 2.05) is 29.6 Å². The maximum Gasteiger partial charge on any atom is 0.336 e. The number of amides is 2. The molecule has 0 spiro atoms. The van der Waals surface area contributed by atoms with E-state index < -0.39 is 28.7 Å². The minimum Gasteiger partial charge on any atom is -0.478 e. The lowest BCUT2D eigenvalue weighted by Gasteiger charge is -2.12. The SMILES string of the molecule is CC(Sc1ccc(NC(=O)c2ccc(C(=O)O)cc2C(=O)O)cc1)C(=O)Nc1nc(-c2ccc(Br)cc2)cs1. The monoisotopic (exact) mass is 625 g/mol. The first-order valence-electron chi connectivity index (χ1n) is 11.3. The largest absolute Gasteiger partial charge is 0.478 e. The van der Waals surface area contributed by atoms with Crippen LogP contribution in [-0.2, 0) is 4.79 Å². The molecule has 1 aromatic heterocycles. The van der Waals surface area contributed by atoms with Gasteiger partial charge in [0.15, 0.2) is 5.13 Å². The molecular formula is C27H20BrN3O6S2. The zero-order chi connectivity index (χ0) is 28.1. The van der Waals surface area contributed by atoms with Crippen LogP contribution < -0.4 is 10.6 Å². The van der Waals surface area contributed by atoms with E-state index in [0.29, 0.717) is 10.8 Å². The molecule has 3 aromatic carbocycles. The molecule has 1 heterocycles. The van der Waals surface area contributed by atoms with E-state index >= 15 is 0 Å². The first-order valence-corrected chi connectivity index (χ1v) is 13.9. The van der Waals surface area contributed by atoms with Crippen LogP contribution in [0.2, 0.25) is 0 Å². The van der Waals surface area contributed by atoms with Crippen molar-refractivity contribution in [2.45, 2.75) is 17.1 Å². The molecule has 1 atom stereocenters. The fraction of sp³-hybridized carbons (Fsp3) is 0.0741. The molecule has 12 heteroatoms. The predicted octanol–water partition coefficient (Wildman–Crippen LogP) is 6.34. The van der Waals surface area contributed by atoms with Crippen LogP contribution in [-0.4, -0.2) is 44.2 Å². The average Bonchev–Trinajstić information content (AvgIpc) is 3.38. The van der Waals surface area contributed by atoms with Gasteiger partial charge >= 0.3 is 11.9 Å². The summed E-state index contributed by atoms with van der Waals surface area (Å²) in [7, 11) is 0. The van der Waals surface area contributed by atoms with Gasteiger partial charge in [0.2, 0.25) is 5.91 Å². The van der Waals surface area contributed by atoms with Gasteiger partial charge in [0.05, 0.1) is 27.6 Å². The molecule has 9 nitrogen and oxygen atoms in total. The van der Waals surface area contributed by atoms with Crippen LogP contribution in [0.15, 0.2) is 81.5 Å². The summed E-state index contributed by atoms with van der Waals surface area (Å²) in [6.07, 6.45) is 0. The Labute approximate surface area is 239 Å². The summed E-state index contributed by atoms with van der Waals surface area (Å²) in [5, 5.41) is 25.9. The van der Waals surface area contributed by atoms with E-state index in [2.05, 4.69) is 31.5 Å². The van der Waals surface area contributed by atoms with Crippen molar-refractivity contribution in [1.82, 2.24) is 4.98 Å². The minimum atomic E-state index is -1.41. The number of thioether (sulfide) groups is 1. The van der Waals surface area contributed by atoms with Crippen LogP contribution >= 0.6 is 39.0 Å². The Bertz CT molecular complexity index is 1550. The first kappa shape index (κ1) is 28.0. The molecule has 0 saturated carbocycles. The van der Waals surface area contributed by atoms with Crippen LogP contribution in [0, 0.1) is 0 Å². The molecule has 4 rings (SSSR count). The molecule has 0 aliphatic rings. The standard InChI is InChI=1S/C27H20BrN3O6S2/c1-14(23(32)31-27-30-22(13-38-27)15-2-5-17(28)6-3-15)39-19-9-7-18(8-10-19)29-24(33)20-11-4-16(25(34)35)12-21(20)26(36)37/h2-14H,1H3,(H,29,33)(H,34,35)(H,36,37)(H,30,31,32). The number of aromatic carboxylic acids is 2. The Morgan fingerprint density at radius 1 is 0.897 bits per heavy atom. The molecule has 0 bridgehead atoms. The average molecular weight is 627 g/mol. The second-order valence-electron chi connectivity index (χ2n) is 8.14. The van der Waals surface area contributed by atoms with Gasteiger partial charge in [-0.25, -0.2) is 14.6 Å². The number of anilines is 2. The maximum atomic E-state index is 12.7. The molecule has 0 radical (unpaired) electrons. The number of thiazole rings is 1. The molecule has 0 saturated heterocycles. The topological polar surface area (TPSA) is 146 Å². The number of rotatable bonds is 9. The van der Waals surface area contributed by atoms with E-state index in [-0.39, 0.29) is 17.0 Å². The highest BCUT2D eigenvalue weighted by Gasteiger charge is 2.20. The van der Waals surface area contributed by atoms with Gasteiger partial charge in [0, 0.05) is 26.0 Å². The number of nitrogens with zero attached hydrogens (tertiary/aromatic N) is 1. The number of hydrogen-bond acceptors (Lipinski definition) is 7. The van der Waals surface area contributed by atoms with Crippen LogP contribution in [0.1, 0.15) is 38.0 Å². The van der Waals surface area contributed by atoms with Gasteiger partial charge in [-0.2, -0.15) is 0 Å². The third-order valence-electron chi connectivity index (χ3n) is 5.41. The molecule has 0 aliphatic heterocycles. The fourth-order valence-corrected chi connectivity index (χ4v) is 5.27. The lowest BCUT2D eigenvalue weighted by Crippen LogP contribution is -2.22. The van der Waals surface area contributed by atoms with Gasteiger partial charge in [0.25, 0.3) is 5.91 Å². The van der Waals surface area contributed by atoms with Gasteiger partial charge in [-0.3, -0.25) is 9.59 Å². The molecular weight excluding hydrogens is 606 g/mol. The van der Waals surface area contributed by atoms with Crippen molar-refractivity contribution in [3.63, 3.8) is 0 Å². The zero-order valence-electron chi connectivity index (χ0n) is 20.2.